The van der Waals surface area contributed by atoms with E-state index in [-0.39, 0.29) is 18.3 Å². The first kappa shape index (κ1) is 31.1. The normalized spacial score (nSPS) is 13.4. The molecule has 0 saturated carbocycles. The van der Waals surface area contributed by atoms with Crippen LogP contribution in [0.4, 0.5) is 0 Å². The average Bonchev–Trinajstić information content (AvgIpc) is 2.50. The van der Waals surface area contributed by atoms with Crippen molar-refractivity contribution in [3.05, 3.63) is 0 Å². The van der Waals surface area contributed by atoms with E-state index in [1.165, 1.54) is 0 Å². The van der Waals surface area contributed by atoms with Crippen LogP contribution in [0.3, 0.4) is 0 Å². The van der Waals surface area contributed by atoms with Crippen LogP contribution in [-0.2, 0) is 13.3 Å². The molecular formula is C27H58O3Si. The van der Waals surface area contributed by atoms with Crippen molar-refractivity contribution in [1.82, 2.24) is 0 Å². The monoisotopic (exact) mass is 458 g/mol. The van der Waals surface area contributed by atoms with E-state index < -0.39 is 9.53 Å². The molecule has 3 nitrogen and oxygen atoms in total. The van der Waals surface area contributed by atoms with Crippen LogP contribution in [0.1, 0.15) is 122 Å². The van der Waals surface area contributed by atoms with E-state index in [9.17, 15) is 0 Å². The Morgan fingerprint density at radius 3 is 0.645 bits per heavy atom. The second-order valence-corrected chi connectivity index (χ2v) is 13.7. The summed E-state index contributed by atoms with van der Waals surface area (Å²) in [6.07, 6.45) is 7.15. The van der Waals surface area contributed by atoms with Crippen LogP contribution in [-0.4, -0.2) is 27.8 Å². The third-order valence-electron chi connectivity index (χ3n) is 5.32. The quantitative estimate of drug-likeness (QED) is 0.194. The van der Waals surface area contributed by atoms with Gasteiger partial charge in [-0.05, 0) is 74.0 Å². The fourth-order valence-corrected chi connectivity index (χ4v) is 6.15. The lowest BCUT2D eigenvalue weighted by Crippen LogP contribution is -2.40. The molecule has 188 valence electrons. The van der Waals surface area contributed by atoms with Crippen molar-refractivity contribution < 1.29 is 13.3 Å². The molecule has 0 aliphatic rings. The summed E-state index contributed by atoms with van der Waals surface area (Å²) in [5, 5.41) is 0. The first-order chi connectivity index (χ1) is 14.3. The van der Waals surface area contributed by atoms with Crippen LogP contribution >= 0.6 is 0 Å². The third-order valence-corrected chi connectivity index (χ3v) is 7.14. The van der Waals surface area contributed by atoms with Gasteiger partial charge in [-0.2, -0.15) is 0 Å². The van der Waals surface area contributed by atoms with Gasteiger partial charge >= 0.3 is 9.53 Å². The van der Waals surface area contributed by atoms with Gasteiger partial charge in [0.1, 0.15) is 0 Å². The topological polar surface area (TPSA) is 27.7 Å². The molecule has 0 rings (SSSR count). The van der Waals surface area contributed by atoms with Crippen molar-refractivity contribution in [3.8, 4) is 0 Å². The van der Waals surface area contributed by atoms with E-state index in [0.717, 1.165) is 38.5 Å². The van der Waals surface area contributed by atoms with Gasteiger partial charge in [0.25, 0.3) is 0 Å². The molecule has 0 aromatic carbocycles. The lowest BCUT2D eigenvalue weighted by molar-refractivity contribution is -0.0177. The Balaban J connectivity index is 5.59. The first-order valence-corrected chi connectivity index (χ1v) is 14.7. The lowest BCUT2D eigenvalue weighted by Gasteiger charge is -2.33. The van der Waals surface area contributed by atoms with E-state index >= 15 is 0 Å². The highest BCUT2D eigenvalue weighted by Crippen LogP contribution is 2.25. The standard InChI is InChI=1S/C27H58O3Si/c1-19(2)13-25(14-20(3)4)28-31(29-26(15-21(5)6)16-22(7)8)30-27(17-23(9)10)18-24(11)12/h19-27,31H,13-18H2,1-12H3. The molecular weight excluding hydrogens is 400 g/mol. The third kappa shape index (κ3) is 18.2. The summed E-state index contributed by atoms with van der Waals surface area (Å²) >= 11 is 0. The molecule has 0 spiro atoms. The Bertz CT molecular complexity index is 329. The summed E-state index contributed by atoms with van der Waals surface area (Å²) < 4.78 is 20.3. The molecule has 0 atom stereocenters. The maximum Gasteiger partial charge on any atom is 0.484 e. The van der Waals surface area contributed by atoms with Crippen LogP contribution in [0, 0.1) is 35.5 Å². The van der Waals surface area contributed by atoms with Gasteiger partial charge in [0.15, 0.2) is 0 Å². The Kier molecular flexibility index (Phi) is 16.7. The van der Waals surface area contributed by atoms with Crippen molar-refractivity contribution in [2.45, 2.75) is 140 Å². The van der Waals surface area contributed by atoms with Crippen LogP contribution in [0.5, 0.6) is 0 Å². The highest BCUT2D eigenvalue weighted by molar-refractivity contribution is 6.36. The summed E-state index contributed by atoms with van der Waals surface area (Å²) in [5.74, 6) is 3.68. The minimum atomic E-state index is -2.26. The molecule has 0 aromatic heterocycles. The highest BCUT2D eigenvalue weighted by Gasteiger charge is 2.30. The molecule has 31 heavy (non-hydrogen) atoms. The van der Waals surface area contributed by atoms with Gasteiger partial charge < -0.3 is 13.3 Å². The van der Waals surface area contributed by atoms with Crippen LogP contribution < -0.4 is 0 Å². The molecule has 0 aromatic rings. The fourth-order valence-electron chi connectivity index (χ4n) is 4.34. The molecule has 0 bridgehead atoms. The van der Waals surface area contributed by atoms with Crippen molar-refractivity contribution in [2.24, 2.45) is 35.5 Å². The van der Waals surface area contributed by atoms with Gasteiger partial charge in [-0.25, -0.2) is 0 Å². The molecule has 0 radical (unpaired) electrons. The van der Waals surface area contributed by atoms with Crippen molar-refractivity contribution in [1.29, 1.82) is 0 Å². The van der Waals surface area contributed by atoms with Crippen LogP contribution in [0.25, 0.3) is 0 Å². The smallest absolute Gasteiger partial charge is 0.373 e. The minimum Gasteiger partial charge on any atom is -0.373 e. The SMILES string of the molecule is CC(C)CC(CC(C)C)O[SiH](OC(CC(C)C)CC(C)C)OC(CC(C)C)CC(C)C. The second-order valence-electron chi connectivity index (χ2n) is 12.3. The van der Waals surface area contributed by atoms with Crippen molar-refractivity contribution >= 4 is 9.53 Å². The molecule has 0 fully saturated rings. The summed E-state index contributed by atoms with van der Waals surface area (Å²) in [6.45, 7) is 27.4. The Morgan fingerprint density at radius 1 is 0.355 bits per heavy atom. The first-order valence-electron chi connectivity index (χ1n) is 13.2. The van der Waals surface area contributed by atoms with Gasteiger partial charge in [-0.1, -0.05) is 83.1 Å². The Morgan fingerprint density at radius 2 is 0.516 bits per heavy atom. The lowest BCUT2D eigenvalue weighted by atomic mass is 9.98. The minimum absolute atomic E-state index is 0.231. The highest BCUT2D eigenvalue weighted by atomic mass is 28.3. The zero-order chi connectivity index (χ0) is 24.1. The average molecular weight is 459 g/mol. The van der Waals surface area contributed by atoms with E-state index in [2.05, 4.69) is 83.1 Å². The molecule has 0 saturated heterocycles. The summed E-state index contributed by atoms with van der Waals surface area (Å²) in [5.41, 5.74) is 0. The maximum atomic E-state index is 6.75. The van der Waals surface area contributed by atoms with Crippen molar-refractivity contribution in [2.75, 3.05) is 0 Å². The molecule has 0 amide bonds. The Hall–Kier alpha value is 0.0969. The molecule has 0 unspecified atom stereocenters. The zero-order valence-electron chi connectivity index (χ0n) is 23.2. The summed E-state index contributed by atoms with van der Waals surface area (Å²) in [6, 6.07) is 0. The summed E-state index contributed by atoms with van der Waals surface area (Å²) in [7, 11) is -2.26. The number of hydrogen-bond acceptors (Lipinski definition) is 3. The van der Waals surface area contributed by atoms with Crippen molar-refractivity contribution in [3.63, 3.8) is 0 Å². The van der Waals surface area contributed by atoms with Gasteiger partial charge in [-0.3, -0.25) is 0 Å². The van der Waals surface area contributed by atoms with Gasteiger partial charge in [0.05, 0.1) is 0 Å². The molecule has 4 heteroatoms. The number of rotatable bonds is 18. The Labute approximate surface area is 198 Å². The second kappa shape index (κ2) is 16.7. The fraction of sp³-hybridized carbons (Fsp3) is 1.00. The zero-order valence-corrected chi connectivity index (χ0v) is 24.4. The molecule has 0 aliphatic carbocycles. The van der Waals surface area contributed by atoms with E-state index in [1.54, 1.807) is 0 Å². The molecule has 0 heterocycles. The summed E-state index contributed by atoms with van der Waals surface area (Å²) in [4.78, 5) is 0. The predicted octanol–water partition coefficient (Wildman–Crippen LogP) is 8.14. The van der Waals surface area contributed by atoms with Gasteiger partial charge in [-0.15, -0.1) is 0 Å². The predicted molar refractivity (Wildman–Crippen MR) is 138 cm³/mol. The molecule has 0 aliphatic heterocycles. The largest absolute Gasteiger partial charge is 0.484 e. The molecule has 0 N–H and O–H groups in total. The van der Waals surface area contributed by atoms with Gasteiger partial charge in [0, 0.05) is 18.3 Å². The maximum absolute atomic E-state index is 6.75. The van der Waals surface area contributed by atoms with E-state index in [4.69, 9.17) is 13.3 Å². The van der Waals surface area contributed by atoms with Crippen LogP contribution in [0.15, 0.2) is 0 Å². The van der Waals surface area contributed by atoms with Gasteiger partial charge in [0.2, 0.25) is 0 Å². The number of hydrogen-bond donors (Lipinski definition) is 0. The van der Waals surface area contributed by atoms with Crippen LogP contribution in [0.2, 0.25) is 0 Å². The van der Waals surface area contributed by atoms with E-state index in [0.29, 0.717) is 35.5 Å². The van der Waals surface area contributed by atoms with E-state index in [1.807, 2.05) is 0 Å².